The lowest BCUT2D eigenvalue weighted by Crippen LogP contribution is -2.67. The van der Waals surface area contributed by atoms with Gasteiger partial charge in [-0.15, -0.1) is 0 Å². The summed E-state index contributed by atoms with van der Waals surface area (Å²) in [6, 6.07) is 0. The Balaban J connectivity index is 0.493. The SMILES string of the molecule is CC1=C(CCC(C)COC2OC(CO)C(O)C(O)C2O)OC2CC3C4CC=C5CC(OC6OC(CO)C(OC7OC(COC8C(C)OC(OC9C(CO)OC(OC%10CCC%11(C)C(=CCC%12C%11CCC%11(C)C%12CC%12OC(CCC(C)COC%13OC(CO)C(O)C(O)C%13O)=C(C)C%12%11)C%10)C(OC%10OC(C)C(O)C(O)C%10O)C9O)C(O)C8O)C(O)C(O)C7O)C(O)C6OC6OC(C)C(O)C(O)C6O)CCC5(C)C4CCC3(C)C12. The van der Waals surface area contributed by atoms with Crippen LogP contribution in [-0.2, 0) is 90.0 Å². The highest BCUT2D eigenvalue weighted by Gasteiger charge is 2.68. The molecule has 42 heteroatoms. The zero-order valence-electron chi connectivity index (χ0n) is 84.1. The Morgan fingerprint density at radius 2 is 0.674 bits per heavy atom. The molecule has 0 radical (unpaired) electrons. The molecule has 23 N–H and O–H groups in total. The summed E-state index contributed by atoms with van der Waals surface area (Å²) in [5.41, 5.74) is 4.50. The van der Waals surface area contributed by atoms with E-state index in [0.717, 1.165) is 82.1 Å². The highest BCUT2D eigenvalue weighted by molar-refractivity contribution is 5.33. The number of hydrogen-bond acceptors (Lipinski definition) is 42. The fourth-order valence-corrected chi connectivity index (χ4v) is 29.4. The van der Waals surface area contributed by atoms with E-state index in [1.165, 1.54) is 43.1 Å². The van der Waals surface area contributed by atoms with E-state index in [9.17, 15) is 117 Å². The Hall–Kier alpha value is -3.04. The molecule has 8 saturated heterocycles. The van der Waals surface area contributed by atoms with Crippen molar-refractivity contribution in [2.45, 2.75) is 462 Å². The first-order chi connectivity index (χ1) is 68.4. The summed E-state index contributed by atoms with van der Waals surface area (Å²) in [5.74, 6) is 4.67. The van der Waals surface area contributed by atoms with E-state index in [2.05, 4.69) is 53.7 Å². The molecule has 14 fully saturated rings. The first-order valence-electron chi connectivity index (χ1n) is 52.9. The number of rotatable bonds is 31. The molecule has 0 spiro atoms. The van der Waals surface area contributed by atoms with Crippen LogP contribution < -0.4 is 0 Å². The van der Waals surface area contributed by atoms with Gasteiger partial charge in [-0.3, -0.25) is 0 Å². The van der Waals surface area contributed by atoms with Gasteiger partial charge >= 0.3 is 0 Å². The summed E-state index contributed by atoms with van der Waals surface area (Å²) in [5, 5.41) is 255. The molecule has 18 rings (SSSR count). The van der Waals surface area contributed by atoms with Crippen molar-refractivity contribution in [3.63, 3.8) is 0 Å². The molecule has 6 saturated carbocycles. The van der Waals surface area contributed by atoms with E-state index in [0.29, 0.717) is 80.5 Å². The fraction of sp³-hybridized carbons (Fsp3) is 0.922. The second-order valence-electron chi connectivity index (χ2n) is 46.6. The van der Waals surface area contributed by atoms with Crippen molar-refractivity contribution in [1.82, 2.24) is 0 Å². The maximum atomic E-state index is 12.7. The minimum absolute atomic E-state index is 0.0123. The van der Waals surface area contributed by atoms with E-state index < -0.39 is 291 Å². The van der Waals surface area contributed by atoms with Crippen LogP contribution in [0.3, 0.4) is 0 Å². The van der Waals surface area contributed by atoms with E-state index in [4.69, 9.17) is 90.0 Å². The van der Waals surface area contributed by atoms with Crippen LogP contribution in [0.1, 0.15) is 192 Å². The predicted octanol–water partition coefficient (Wildman–Crippen LogP) is -2.04. The van der Waals surface area contributed by atoms with Gasteiger partial charge in [0.15, 0.2) is 50.3 Å². The number of allylic oxidation sites excluding steroid dienone is 4. The Bertz CT molecular complexity index is 4420. The van der Waals surface area contributed by atoms with Crippen LogP contribution in [0.5, 0.6) is 0 Å². The standard InChI is InChI=1S/C102H162O42/c1-39(36-127-91-78(118)74(114)69(109)60(32-103)136-91)12-18-56-41(3)65-58(134-56)30-54-50-16-14-46-28-48(20-24-99(46,8)52(50)22-26-101(54,65)10)132-97-89(143-93-80(120)72(112)67(107)43(5)129-93)84(124)87(62(34-105)138-97)141-95-83(123)77(117)86(45(7)131-95)126-38-64-71(111)76(116)82(122)96(140-64)142-88-63(35-106)139-98(90(85(88)125)144-94-81(121)73(113)68(108)44(6)130-94)133-49-21-25-100(9)47(29-49)15-17-51-53(100)23-27-102(11)55(51)31-59-66(102)42(4)57(135-59)19-13-40(2)37-128-92-79(119)75(115)70(110)61(33-104)137-92/h14-15,39-40,43-45,48-55,58-98,103-125H,12-13,16-38H2,1-11H3. The molecule has 822 valence electrons. The van der Waals surface area contributed by atoms with Crippen LogP contribution in [0.15, 0.2) is 46.0 Å². The van der Waals surface area contributed by atoms with Gasteiger partial charge in [0.05, 0.1) is 88.3 Å². The molecule has 8 aliphatic carbocycles. The van der Waals surface area contributed by atoms with Crippen molar-refractivity contribution < 1.29 is 207 Å². The Morgan fingerprint density at radius 3 is 1.07 bits per heavy atom. The van der Waals surface area contributed by atoms with Crippen molar-refractivity contribution >= 4 is 0 Å². The summed E-state index contributed by atoms with van der Waals surface area (Å²) in [4.78, 5) is 0. The number of ether oxygens (including phenoxy) is 19. The fourth-order valence-electron chi connectivity index (χ4n) is 29.4. The van der Waals surface area contributed by atoms with Crippen molar-refractivity contribution in [1.29, 1.82) is 0 Å². The van der Waals surface area contributed by atoms with Crippen LogP contribution in [0.2, 0.25) is 0 Å². The average Bonchev–Trinajstić information content (AvgIpc) is 1.56. The summed E-state index contributed by atoms with van der Waals surface area (Å²) >= 11 is 0. The van der Waals surface area contributed by atoms with Gasteiger partial charge in [-0.25, -0.2) is 0 Å². The summed E-state index contributed by atoms with van der Waals surface area (Å²) < 4.78 is 119. The molecule has 0 bridgehead atoms. The monoisotopic (exact) mass is 2060 g/mol. The van der Waals surface area contributed by atoms with Crippen LogP contribution in [0, 0.1) is 80.8 Å². The molecule has 0 amide bonds. The van der Waals surface area contributed by atoms with Gasteiger partial charge in [0.1, 0.15) is 189 Å². The predicted molar refractivity (Wildman–Crippen MR) is 493 cm³/mol. The lowest BCUT2D eigenvalue weighted by molar-refractivity contribution is -0.392. The third kappa shape index (κ3) is 20.4. The molecule has 18 aliphatic rings. The Kier molecular flexibility index (Phi) is 34.1. The third-order valence-corrected chi connectivity index (χ3v) is 38.0. The van der Waals surface area contributed by atoms with Crippen molar-refractivity contribution in [2.75, 3.05) is 46.2 Å². The lowest BCUT2D eigenvalue weighted by Gasteiger charge is -2.58. The first-order valence-corrected chi connectivity index (χ1v) is 52.9. The van der Waals surface area contributed by atoms with E-state index in [-0.39, 0.29) is 70.8 Å². The molecule has 0 aromatic heterocycles. The van der Waals surface area contributed by atoms with E-state index >= 15 is 0 Å². The van der Waals surface area contributed by atoms with Gasteiger partial charge in [0.2, 0.25) is 0 Å². The normalized spacial score (nSPS) is 53.1. The first kappa shape index (κ1) is 111. The highest BCUT2D eigenvalue weighted by Crippen LogP contribution is 2.72. The molecule has 0 aromatic carbocycles. The van der Waals surface area contributed by atoms with Gasteiger partial charge in [-0.1, -0.05) is 64.8 Å². The molecular formula is C102H162O42. The van der Waals surface area contributed by atoms with Gasteiger partial charge in [0, 0.05) is 24.7 Å². The lowest BCUT2D eigenvalue weighted by atomic mass is 9.47. The van der Waals surface area contributed by atoms with Gasteiger partial charge in [-0.2, -0.15) is 0 Å². The van der Waals surface area contributed by atoms with Crippen LogP contribution in [0.4, 0.5) is 0 Å². The number of fused-ring (bicyclic) bond motifs is 14. The molecule has 10 aliphatic heterocycles. The molecule has 42 nitrogen and oxygen atoms in total. The van der Waals surface area contributed by atoms with Crippen LogP contribution >= 0.6 is 0 Å². The topological polar surface area (TPSA) is 641 Å². The number of aliphatic hydroxyl groups excluding tert-OH is 23. The number of hydrogen-bond donors (Lipinski definition) is 23. The van der Waals surface area contributed by atoms with Crippen LogP contribution in [-0.4, -0.2) is 434 Å². The number of aliphatic hydroxyl groups is 23. The minimum Gasteiger partial charge on any atom is -0.494 e. The summed E-state index contributed by atoms with van der Waals surface area (Å²) in [6.07, 6.45) is -47.3. The maximum absolute atomic E-state index is 12.7. The quantitative estimate of drug-likeness (QED) is 0.0332. The molecule has 144 heavy (non-hydrogen) atoms. The molecule has 58 unspecified atom stereocenters. The van der Waals surface area contributed by atoms with E-state index in [1.807, 2.05) is 13.8 Å². The largest absolute Gasteiger partial charge is 0.494 e. The van der Waals surface area contributed by atoms with Crippen molar-refractivity contribution in [2.24, 2.45) is 80.8 Å². The van der Waals surface area contributed by atoms with Crippen molar-refractivity contribution in [3.05, 3.63) is 46.0 Å². The van der Waals surface area contributed by atoms with Crippen molar-refractivity contribution in [3.8, 4) is 0 Å². The third-order valence-electron chi connectivity index (χ3n) is 38.0. The minimum atomic E-state index is -2.09. The summed E-state index contributed by atoms with van der Waals surface area (Å²) in [6.45, 7) is 19.2. The van der Waals surface area contributed by atoms with E-state index in [1.54, 1.807) is 0 Å². The summed E-state index contributed by atoms with van der Waals surface area (Å²) in [7, 11) is 0. The van der Waals surface area contributed by atoms with Gasteiger partial charge in [-0.05, 0) is 218 Å². The zero-order valence-corrected chi connectivity index (χ0v) is 84.1. The maximum Gasteiger partial charge on any atom is 0.187 e. The smallest absolute Gasteiger partial charge is 0.187 e. The zero-order chi connectivity index (χ0) is 103. The molecule has 0 aromatic rings. The Morgan fingerprint density at radius 1 is 0.333 bits per heavy atom. The second kappa shape index (κ2) is 44.3. The molecule has 10 heterocycles. The van der Waals surface area contributed by atoms with Crippen LogP contribution in [0.25, 0.3) is 0 Å². The second-order valence-corrected chi connectivity index (χ2v) is 46.6. The van der Waals surface area contributed by atoms with Gasteiger partial charge < -0.3 is 207 Å². The average molecular weight is 2060 g/mol. The molecule has 58 atom stereocenters. The Labute approximate surface area is 838 Å². The highest BCUT2D eigenvalue weighted by atomic mass is 16.8. The molecular weight excluding hydrogens is 1900 g/mol. The van der Waals surface area contributed by atoms with Gasteiger partial charge in [0.25, 0.3) is 0 Å².